The van der Waals surface area contributed by atoms with E-state index >= 15 is 0 Å². The largest absolute Gasteiger partial charge is 0.383 e. The average Bonchev–Trinajstić information content (AvgIpc) is 2.15. The Morgan fingerprint density at radius 3 is 2.56 bits per heavy atom. The summed E-state index contributed by atoms with van der Waals surface area (Å²) in [7, 11) is 1.63. The van der Waals surface area contributed by atoms with Crippen molar-refractivity contribution in [2.24, 2.45) is 0 Å². The fourth-order valence-electron chi connectivity index (χ4n) is 1.48. The molecule has 1 N–H and O–H groups in total. The molecular formula is C12H24N2O2. The highest BCUT2D eigenvalue weighted by Gasteiger charge is 2.11. The van der Waals surface area contributed by atoms with Crippen LogP contribution in [0.3, 0.4) is 0 Å². The van der Waals surface area contributed by atoms with Crippen molar-refractivity contribution in [3.63, 3.8) is 0 Å². The number of ether oxygens (including phenoxy) is 1. The molecule has 0 bridgehead atoms. The molecule has 0 aliphatic heterocycles. The summed E-state index contributed by atoms with van der Waals surface area (Å²) >= 11 is 0. The van der Waals surface area contributed by atoms with Crippen molar-refractivity contribution >= 4 is 5.91 Å². The second-order valence-electron chi connectivity index (χ2n) is 4.18. The van der Waals surface area contributed by atoms with Crippen LogP contribution in [-0.4, -0.2) is 50.2 Å². The van der Waals surface area contributed by atoms with Crippen LogP contribution in [0.2, 0.25) is 0 Å². The number of carbonyl (C=O) groups is 1. The Balaban J connectivity index is 3.95. The number of hydrogen-bond acceptors (Lipinski definition) is 3. The minimum absolute atomic E-state index is 0.0349. The smallest absolute Gasteiger partial charge is 0.234 e. The molecule has 1 atom stereocenters. The van der Waals surface area contributed by atoms with Gasteiger partial charge in [0.15, 0.2) is 0 Å². The average molecular weight is 228 g/mol. The third-order valence-corrected chi connectivity index (χ3v) is 2.13. The number of nitrogens with one attached hydrogen (secondary N) is 1. The van der Waals surface area contributed by atoms with E-state index in [1.54, 1.807) is 7.11 Å². The SMILES string of the molecule is C=C(C)CN(CC)CC(=O)NC(C)COC. The molecule has 0 rings (SSSR count). The second-order valence-corrected chi connectivity index (χ2v) is 4.18. The summed E-state index contributed by atoms with van der Waals surface area (Å²) in [5.41, 5.74) is 1.07. The molecular weight excluding hydrogens is 204 g/mol. The van der Waals surface area contributed by atoms with Gasteiger partial charge in [0.05, 0.1) is 13.2 Å². The maximum Gasteiger partial charge on any atom is 0.234 e. The lowest BCUT2D eigenvalue weighted by Gasteiger charge is -2.21. The van der Waals surface area contributed by atoms with Crippen molar-refractivity contribution in [1.82, 2.24) is 10.2 Å². The minimum atomic E-state index is 0.0349. The Hall–Kier alpha value is -0.870. The molecule has 0 spiro atoms. The van der Waals surface area contributed by atoms with Crippen LogP contribution in [0.25, 0.3) is 0 Å². The normalized spacial score (nSPS) is 12.6. The van der Waals surface area contributed by atoms with E-state index in [0.29, 0.717) is 13.2 Å². The van der Waals surface area contributed by atoms with Crippen LogP contribution in [0.5, 0.6) is 0 Å². The summed E-state index contributed by atoms with van der Waals surface area (Å²) in [5.74, 6) is 0.0349. The van der Waals surface area contributed by atoms with E-state index in [2.05, 4.69) is 16.8 Å². The molecule has 4 nitrogen and oxygen atoms in total. The molecule has 0 saturated heterocycles. The Kier molecular flexibility index (Phi) is 7.85. The van der Waals surface area contributed by atoms with Crippen LogP contribution in [0.1, 0.15) is 20.8 Å². The predicted molar refractivity (Wildman–Crippen MR) is 66.4 cm³/mol. The molecule has 0 aliphatic carbocycles. The van der Waals surface area contributed by atoms with Crippen molar-refractivity contribution < 1.29 is 9.53 Å². The van der Waals surface area contributed by atoms with Crippen molar-refractivity contribution in [2.45, 2.75) is 26.8 Å². The van der Waals surface area contributed by atoms with E-state index in [4.69, 9.17) is 4.74 Å². The quantitative estimate of drug-likeness (QED) is 0.631. The highest BCUT2D eigenvalue weighted by molar-refractivity contribution is 5.78. The van der Waals surface area contributed by atoms with Gasteiger partial charge in [0, 0.05) is 19.7 Å². The molecule has 0 heterocycles. The molecule has 0 aromatic carbocycles. The first kappa shape index (κ1) is 15.1. The summed E-state index contributed by atoms with van der Waals surface area (Å²) in [6, 6.07) is 0.0565. The Labute approximate surface area is 98.6 Å². The van der Waals surface area contributed by atoms with Crippen LogP contribution >= 0.6 is 0 Å². The highest BCUT2D eigenvalue weighted by Crippen LogP contribution is 1.95. The fourth-order valence-corrected chi connectivity index (χ4v) is 1.48. The zero-order valence-electron chi connectivity index (χ0n) is 10.9. The van der Waals surface area contributed by atoms with Crippen LogP contribution in [0.4, 0.5) is 0 Å². The molecule has 1 amide bonds. The van der Waals surface area contributed by atoms with Gasteiger partial charge in [0.25, 0.3) is 0 Å². The molecule has 1 unspecified atom stereocenters. The zero-order valence-corrected chi connectivity index (χ0v) is 10.9. The fraction of sp³-hybridized carbons (Fsp3) is 0.750. The summed E-state index contributed by atoms with van der Waals surface area (Å²) in [6.45, 7) is 12.3. The predicted octanol–water partition coefficient (Wildman–Crippen LogP) is 1.04. The number of rotatable bonds is 8. The lowest BCUT2D eigenvalue weighted by Crippen LogP contribution is -2.42. The highest BCUT2D eigenvalue weighted by atomic mass is 16.5. The number of likely N-dealkylation sites (N-methyl/N-ethyl adjacent to an activating group) is 1. The molecule has 4 heteroatoms. The monoisotopic (exact) mass is 228 g/mol. The molecule has 16 heavy (non-hydrogen) atoms. The first-order chi connectivity index (χ1) is 7.49. The molecule has 94 valence electrons. The number of amides is 1. The molecule has 0 saturated carbocycles. The number of hydrogen-bond donors (Lipinski definition) is 1. The first-order valence-electron chi connectivity index (χ1n) is 5.64. The lowest BCUT2D eigenvalue weighted by atomic mass is 10.3. The summed E-state index contributed by atoms with van der Waals surface area (Å²) in [5, 5.41) is 2.88. The Morgan fingerprint density at radius 1 is 1.50 bits per heavy atom. The van der Waals surface area contributed by atoms with Crippen LogP contribution in [0, 0.1) is 0 Å². The van der Waals surface area contributed by atoms with Crippen LogP contribution < -0.4 is 5.32 Å². The van der Waals surface area contributed by atoms with Gasteiger partial charge in [-0.1, -0.05) is 19.1 Å². The molecule has 0 radical (unpaired) electrons. The molecule has 0 aliphatic rings. The lowest BCUT2D eigenvalue weighted by molar-refractivity contribution is -0.123. The van der Waals surface area contributed by atoms with Crippen LogP contribution in [0.15, 0.2) is 12.2 Å². The molecule has 0 aromatic heterocycles. The molecule has 0 aromatic rings. The van der Waals surface area contributed by atoms with Crippen molar-refractivity contribution in [3.05, 3.63) is 12.2 Å². The minimum Gasteiger partial charge on any atom is -0.383 e. The van der Waals surface area contributed by atoms with Gasteiger partial charge in [-0.3, -0.25) is 9.69 Å². The number of methoxy groups -OCH3 is 1. The maximum absolute atomic E-state index is 11.6. The zero-order chi connectivity index (χ0) is 12.6. The van der Waals surface area contributed by atoms with Crippen molar-refractivity contribution in [3.8, 4) is 0 Å². The first-order valence-corrected chi connectivity index (χ1v) is 5.64. The van der Waals surface area contributed by atoms with E-state index in [1.165, 1.54) is 0 Å². The topological polar surface area (TPSA) is 41.6 Å². The standard InChI is InChI=1S/C12H24N2O2/c1-6-14(7-10(2)3)8-12(15)13-11(4)9-16-5/h11H,2,6-9H2,1,3-5H3,(H,13,15). The van der Waals surface area contributed by atoms with Gasteiger partial charge in [-0.25, -0.2) is 0 Å². The second kappa shape index (κ2) is 8.30. The summed E-state index contributed by atoms with van der Waals surface area (Å²) < 4.78 is 4.96. The van der Waals surface area contributed by atoms with Gasteiger partial charge in [0.2, 0.25) is 5.91 Å². The van der Waals surface area contributed by atoms with E-state index in [-0.39, 0.29) is 11.9 Å². The van der Waals surface area contributed by atoms with Gasteiger partial charge < -0.3 is 10.1 Å². The summed E-state index contributed by atoms with van der Waals surface area (Å²) in [4.78, 5) is 13.7. The third kappa shape index (κ3) is 7.43. The van der Waals surface area contributed by atoms with Crippen molar-refractivity contribution in [2.75, 3.05) is 33.4 Å². The maximum atomic E-state index is 11.6. The van der Waals surface area contributed by atoms with E-state index < -0.39 is 0 Å². The number of carbonyl (C=O) groups excluding carboxylic acids is 1. The van der Waals surface area contributed by atoms with Crippen LogP contribution in [-0.2, 0) is 9.53 Å². The van der Waals surface area contributed by atoms with E-state index in [0.717, 1.165) is 18.7 Å². The van der Waals surface area contributed by atoms with Gasteiger partial charge in [-0.15, -0.1) is 0 Å². The van der Waals surface area contributed by atoms with E-state index in [9.17, 15) is 4.79 Å². The third-order valence-electron chi connectivity index (χ3n) is 2.13. The van der Waals surface area contributed by atoms with Gasteiger partial charge in [0.1, 0.15) is 0 Å². The Morgan fingerprint density at radius 2 is 2.12 bits per heavy atom. The van der Waals surface area contributed by atoms with Crippen molar-refractivity contribution in [1.29, 1.82) is 0 Å². The summed E-state index contributed by atoms with van der Waals surface area (Å²) in [6.07, 6.45) is 0. The van der Waals surface area contributed by atoms with Gasteiger partial charge >= 0.3 is 0 Å². The molecule has 0 fully saturated rings. The number of nitrogens with zero attached hydrogens (tertiary/aromatic N) is 1. The van der Waals surface area contributed by atoms with E-state index in [1.807, 2.05) is 20.8 Å². The van der Waals surface area contributed by atoms with Gasteiger partial charge in [-0.2, -0.15) is 0 Å². The Bertz CT molecular complexity index is 229. The van der Waals surface area contributed by atoms with Gasteiger partial charge in [-0.05, 0) is 20.4 Å².